The highest BCUT2D eigenvalue weighted by Gasteiger charge is 2.23. The average Bonchev–Trinajstić information content (AvgIpc) is 2.73. The van der Waals surface area contributed by atoms with Crippen LogP contribution >= 0.6 is 0 Å². The van der Waals surface area contributed by atoms with Crippen LogP contribution in [0.1, 0.15) is 32.1 Å². The zero-order valence-corrected chi connectivity index (χ0v) is 17.6. The number of primary sulfonamides is 1. The van der Waals surface area contributed by atoms with E-state index in [0.29, 0.717) is 18.3 Å². The fourth-order valence-electron chi connectivity index (χ4n) is 4.00. The Bertz CT molecular complexity index is 1100. The van der Waals surface area contributed by atoms with Gasteiger partial charge in [0.25, 0.3) is 0 Å². The predicted molar refractivity (Wildman–Crippen MR) is 121 cm³/mol. The largest absolute Gasteiger partial charge is 0.351 e. The third kappa shape index (κ3) is 5.46. The number of sulfonamides is 1. The van der Waals surface area contributed by atoms with Gasteiger partial charge in [0.15, 0.2) is 0 Å². The van der Waals surface area contributed by atoms with Crippen molar-refractivity contribution >= 4 is 38.4 Å². The lowest BCUT2D eigenvalue weighted by molar-refractivity contribution is 0.330. The van der Waals surface area contributed by atoms with E-state index in [-0.39, 0.29) is 11.8 Å². The molecule has 0 bridgehead atoms. The Kier molecular flexibility index (Phi) is 6.15. The smallest absolute Gasteiger partial charge is 0.225 e. The van der Waals surface area contributed by atoms with E-state index < -0.39 is 10.0 Å². The predicted octanol–water partition coefficient (Wildman–Crippen LogP) is 4.02. The second-order valence-electron chi connectivity index (χ2n) is 7.92. The lowest BCUT2D eigenvalue weighted by Crippen LogP contribution is -2.28. The Labute approximate surface area is 177 Å². The number of nitrogens with zero attached hydrogens (tertiary/aromatic N) is 2. The Morgan fingerprint density at radius 1 is 0.933 bits per heavy atom. The maximum absolute atomic E-state index is 11.2. The minimum atomic E-state index is -3.38. The SMILES string of the molecule is NS(=O)(=O)CCC1CCC(Nc2nc(Nc3ccccc3)c3ccccc3n2)CC1. The molecule has 8 heteroatoms. The molecule has 3 aromatic rings. The topological polar surface area (TPSA) is 110 Å². The Morgan fingerprint density at radius 3 is 2.37 bits per heavy atom. The summed E-state index contributed by atoms with van der Waals surface area (Å²) in [6.07, 6.45) is 4.54. The zero-order chi connectivity index (χ0) is 21.0. The van der Waals surface area contributed by atoms with E-state index in [1.165, 1.54) is 0 Å². The number of para-hydroxylation sites is 2. The molecule has 0 saturated heterocycles. The van der Waals surface area contributed by atoms with Crippen LogP contribution in [0.25, 0.3) is 10.9 Å². The number of nitrogens with one attached hydrogen (secondary N) is 2. The number of nitrogens with two attached hydrogens (primary N) is 1. The van der Waals surface area contributed by atoms with Crippen molar-refractivity contribution in [2.24, 2.45) is 11.1 Å². The molecule has 1 heterocycles. The molecule has 0 radical (unpaired) electrons. The van der Waals surface area contributed by atoms with Gasteiger partial charge >= 0.3 is 0 Å². The molecule has 4 rings (SSSR count). The Hall–Kier alpha value is -2.71. The van der Waals surface area contributed by atoms with Crippen molar-refractivity contribution in [1.82, 2.24) is 9.97 Å². The average molecular weight is 426 g/mol. The first-order valence-corrected chi connectivity index (χ1v) is 12.0. The minimum Gasteiger partial charge on any atom is -0.351 e. The molecule has 0 aliphatic heterocycles. The molecule has 0 unspecified atom stereocenters. The standard InChI is InChI=1S/C22H27N5O2S/c23-30(28,29)15-14-16-10-12-18(13-11-16)25-22-26-20-9-5-4-8-19(20)21(27-22)24-17-6-2-1-3-7-17/h1-9,16,18H,10-15H2,(H2,23,28,29)(H2,24,25,26,27). The van der Waals surface area contributed by atoms with Crippen molar-refractivity contribution in [2.45, 2.75) is 38.1 Å². The van der Waals surface area contributed by atoms with Crippen molar-refractivity contribution in [3.8, 4) is 0 Å². The molecule has 7 nitrogen and oxygen atoms in total. The molecule has 30 heavy (non-hydrogen) atoms. The van der Waals surface area contributed by atoms with Gasteiger partial charge in [0.05, 0.1) is 11.3 Å². The molecule has 1 aliphatic rings. The van der Waals surface area contributed by atoms with Gasteiger partial charge in [-0.2, -0.15) is 4.98 Å². The first-order valence-electron chi connectivity index (χ1n) is 10.3. The van der Waals surface area contributed by atoms with Crippen LogP contribution < -0.4 is 15.8 Å². The van der Waals surface area contributed by atoms with Crippen LogP contribution in [0.5, 0.6) is 0 Å². The molecule has 4 N–H and O–H groups in total. The third-order valence-electron chi connectivity index (χ3n) is 5.63. The number of anilines is 3. The maximum atomic E-state index is 11.2. The highest BCUT2D eigenvalue weighted by atomic mass is 32.2. The fraction of sp³-hybridized carbons (Fsp3) is 0.364. The number of benzene rings is 2. The number of hydrogen-bond acceptors (Lipinski definition) is 6. The minimum absolute atomic E-state index is 0.0675. The highest BCUT2D eigenvalue weighted by molar-refractivity contribution is 7.89. The van der Waals surface area contributed by atoms with E-state index in [2.05, 4.69) is 10.6 Å². The van der Waals surface area contributed by atoms with Gasteiger partial charge < -0.3 is 10.6 Å². The Balaban J connectivity index is 1.46. The normalized spacial score (nSPS) is 19.5. The van der Waals surface area contributed by atoms with Crippen molar-refractivity contribution in [3.63, 3.8) is 0 Å². The maximum Gasteiger partial charge on any atom is 0.225 e. The van der Waals surface area contributed by atoms with Crippen molar-refractivity contribution in [2.75, 3.05) is 16.4 Å². The summed E-state index contributed by atoms with van der Waals surface area (Å²) in [5, 5.41) is 13.0. The van der Waals surface area contributed by atoms with E-state index in [1.807, 2.05) is 54.6 Å². The molecule has 1 aromatic heterocycles. The van der Waals surface area contributed by atoms with Crippen molar-refractivity contribution < 1.29 is 8.42 Å². The van der Waals surface area contributed by atoms with Crippen molar-refractivity contribution in [3.05, 3.63) is 54.6 Å². The number of fused-ring (bicyclic) bond motifs is 1. The van der Waals surface area contributed by atoms with Gasteiger partial charge in [-0.25, -0.2) is 18.5 Å². The van der Waals surface area contributed by atoms with E-state index in [1.54, 1.807) is 0 Å². The summed E-state index contributed by atoms with van der Waals surface area (Å²) in [5.74, 6) is 1.86. The van der Waals surface area contributed by atoms with Gasteiger partial charge in [0.2, 0.25) is 16.0 Å². The summed E-state index contributed by atoms with van der Waals surface area (Å²) >= 11 is 0. The molecule has 158 valence electrons. The monoisotopic (exact) mass is 425 g/mol. The van der Waals surface area contributed by atoms with Gasteiger partial charge in [-0.3, -0.25) is 0 Å². The lowest BCUT2D eigenvalue weighted by atomic mass is 9.84. The summed E-state index contributed by atoms with van der Waals surface area (Å²) in [6, 6.07) is 18.2. The molecule has 1 saturated carbocycles. The van der Waals surface area contributed by atoms with Gasteiger partial charge in [-0.15, -0.1) is 0 Å². The Morgan fingerprint density at radius 2 is 1.63 bits per heavy atom. The van der Waals surface area contributed by atoms with Crippen LogP contribution in [0.4, 0.5) is 17.5 Å². The van der Waals surface area contributed by atoms with Crippen LogP contribution in [0, 0.1) is 5.92 Å². The van der Waals surface area contributed by atoms with E-state index in [9.17, 15) is 8.42 Å². The number of aromatic nitrogens is 2. The van der Waals surface area contributed by atoms with Gasteiger partial charge in [-0.1, -0.05) is 30.3 Å². The van der Waals surface area contributed by atoms with Gasteiger partial charge in [-0.05, 0) is 62.3 Å². The zero-order valence-electron chi connectivity index (χ0n) is 16.8. The second-order valence-corrected chi connectivity index (χ2v) is 9.66. The van der Waals surface area contributed by atoms with Crippen LogP contribution in [0.3, 0.4) is 0 Å². The quantitative estimate of drug-likeness (QED) is 0.527. The first-order chi connectivity index (χ1) is 14.5. The van der Waals surface area contributed by atoms with E-state index in [4.69, 9.17) is 15.1 Å². The second kappa shape index (κ2) is 8.97. The molecule has 1 fully saturated rings. The molecular weight excluding hydrogens is 398 g/mol. The molecule has 0 atom stereocenters. The van der Waals surface area contributed by atoms with Crippen LogP contribution in [0.2, 0.25) is 0 Å². The summed E-state index contributed by atoms with van der Waals surface area (Å²) in [7, 11) is -3.38. The third-order valence-corrected chi connectivity index (χ3v) is 6.44. The number of rotatable bonds is 7. The molecular formula is C22H27N5O2S. The van der Waals surface area contributed by atoms with E-state index >= 15 is 0 Å². The van der Waals surface area contributed by atoms with E-state index in [0.717, 1.165) is 48.1 Å². The van der Waals surface area contributed by atoms with Gasteiger partial charge in [0.1, 0.15) is 5.82 Å². The summed E-state index contributed by atoms with van der Waals surface area (Å²) in [4.78, 5) is 9.45. The van der Waals surface area contributed by atoms with Crippen molar-refractivity contribution in [1.29, 1.82) is 0 Å². The molecule has 2 aromatic carbocycles. The molecule has 0 amide bonds. The molecule has 0 spiro atoms. The fourth-order valence-corrected chi connectivity index (χ4v) is 4.67. The van der Waals surface area contributed by atoms with Crippen LogP contribution in [0.15, 0.2) is 54.6 Å². The van der Waals surface area contributed by atoms with Crippen LogP contribution in [-0.4, -0.2) is 30.2 Å². The summed E-state index contributed by atoms with van der Waals surface area (Å²) in [5.41, 5.74) is 1.86. The highest BCUT2D eigenvalue weighted by Crippen LogP contribution is 2.30. The van der Waals surface area contributed by atoms with Crippen LogP contribution in [-0.2, 0) is 10.0 Å². The molecule has 1 aliphatic carbocycles. The summed E-state index contributed by atoms with van der Waals surface area (Å²) in [6.45, 7) is 0. The summed E-state index contributed by atoms with van der Waals surface area (Å²) < 4.78 is 22.4. The lowest BCUT2D eigenvalue weighted by Gasteiger charge is -2.29. The first kappa shape index (κ1) is 20.6. The number of hydrogen-bond donors (Lipinski definition) is 3. The van der Waals surface area contributed by atoms with Gasteiger partial charge in [0, 0.05) is 17.1 Å².